The molecule has 2 heterocycles. The van der Waals surface area contributed by atoms with Gasteiger partial charge in [-0.15, -0.1) is 24.0 Å². The highest BCUT2D eigenvalue weighted by Crippen LogP contribution is 2.16. The van der Waals surface area contributed by atoms with Crippen LogP contribution in [-0.4, -0.2) is 74.9 Å². The molecule has 2 fully saturated rings. The Morgan fingerprint density at radius 3 is 2.27 bits per heavy atom. The summed E-state index contributed by atoms with van der Waals surface area (Å²) in [5.74, 6) is 1.03. The van der Waals surface area contributed by atoms with Crippen LogP contribution in [0.4, 0.5) is 0 Å². The number of piperidine rings is 1. The van der Waals surface area contributed by atoms with E-state index < -0.39 is 0 Å². The lowest BCUT2D eigenvalue weighted by Crippen LogP contribution is -2.47. The molecule has 6 nitrogen and oxygen atoms in total. The SMILES string of the molecule is CCNC(=NCc1ccc(CN2CCCCCC2)cc1)N1CCC(OCCCOC)CC1.I. The van der Waals surface area contributed by atoms with E-state index in [1.54, 1.807) is 7.11 Å². The molecule has 33 heavy (non-hydrogen) atoms. The van der Waals surface area contributed by atoms with Crippen molar-refractivity contribution < 1.29 is 9.47 Å². The maximum atomic E-state index is 6.00. The maximum absolute atomic E-state index is 6.00. The van der Waals surface area contributed by atoms with Crippen molar-refractivity contribution in [2.75, 3.05) is 53.0 Å². The summed E-state index contributed by atoms with van der Waals surface area (Å²) in [6.45, 7) is 10.9. The second kappa shape index (κ2) is 16.7. The molecule has 0 aliphatic carbocycles. The molecule has 0 unspecified atom stereocenters. The lowest BCUT2D eigenvalue weighted by Gasteiger charge is -2.34. The first kappa shape index (κ1) is 28.3. The zero-order chi connectivity index (χ0) is 22.4. The number of rotatable bonds is 10. The molecular weight excluding hydrogens is 527 g/mol. The second-order valence-corrected chi connectivity index (χ2v) is 9.08. The summed E-state index contributed by atoms with van der Waals surface area (Å²) < 4.78 is 11.1. The number of halogens is 1. The van der Waals surface area contributed by atoms with Crippen molar-refractivity contribution in [1.29, 1.82) is 0 Å². The molecule has 2 saturated heterocycles. The Bertz CT molecular complexity index is 655. The fourth-order valence-electron chi connectivity index (χ4n) is 4.58. The van der Waals surface area contributed by atoms with Crippen molar-refractivity contribution in [2.45, 2.75) is 71.1 Å². The number of nitrogens with one attached hydrogen (secondary N) is 1. The molecule has 1 aromatic carbocycles. The Balaban J connectivity index is 0.00000385. The van der Waals surface area contributed by atoms with Gasteiger partial charge in [-0.25, -0.2) is 4.99 Å². The predicted octanol–water partition coefficient (Wildman–Crippen LogP) is 4.66. The molecule has 0 atom stereocenters. The second-order valence-electron chi connectivity index (χ2n) is 9.08. The van der Waals surface area contributed by atoms with E-state index in [0.717, 1.165) is 71.2 Å². The van der Waals surface area contributed by atoms with E-state index in [4.69, 9.17) is 14.5 Å². The molecule has 0 amide bonds. The fraction of sp³-hybridized carbons (Fsp3) is 0.731. The minimum atomic E-state index is 0. The van der Waals surface area contributed by atoms with Crippen molar-refractivity contribution in [2.24, 2.45) is 4.99 Å². The number of benzene rings is 1. The number of hydrogen-bond donors (Lipinski definition) is 1. The van der Waals surface area contributed by atoms with Crippen LogP contribution in [0.5, 0.6) is 0 Å². The van der Waals surface area contributed by atoms with Crippen LogP contribution < -0.4 is 5.32 Å². The van der Waals surface area contributed by atoms with E-state index >= 15 is 0 Å². The van der Waals surface area contributed by atoms with Crippen LogP contribution in [0.25, 0.3) is 0 Å². The van der Waals surface area contributed by atoms with E-state index in [0.29, 0.717) is 6.10 Å². The van der Waals surface area contributed by atoms with Crippen LogP contribution in [0.3, 0.4) is 0 Å². The van der Waals surface area contributed by atoms with Gasteiger partial charge in [-0.1, -0.05) is 37.1 Å². The van der Waals surface area contributed by atoms with Gasteiger partial charge in [-0.3, -0.25) is 4.90 Å². The average Bonchev–Trinajstić information content (AvgIpc) is 3.10. The number of guanidine groups is 1. The molecule has 2 aliphatic rings. The van der Waals surface area contributed by atoms with Crippen molar-refractivity contribution in [3.05, 3.63) is 35.4 Å². The molecule has 1 N–H and O–H groups in total. The molecule has 0 spiro atoms. The number of likely N-dealkylation sites (tertiary alicyclic amines) is 2. The van der Waals surface area contributed by atoms with E-state index in [1.165, 1.54) is 49.9 Å². The van der Waals surface area contributed by atoms with Crippen molar-refractivity contribution in [1.82, 2.24) is 15.1 Å². The summed E-state index contributed by atoms with van der Waals surface area (Å²) in [5.41, 5.74) is 2.69. The van der Waals surface area contributed by atoms with Gasteiger partial charge >= 0.3 is 0 Å². The molecule has 188 valence electrons. The quantitative estimate of drug-likeness (QED) is 0.191. The number of methoxy groups -OCH3 is 1. The zero-order valence-electron chi connectivity index (χ0n) is 20.8. The van der Waals surface area contributed by atoms with Gasteiger partial charge in [-0.2, -0.15) is 0 Å². The fourth-order valence-corrected chi connectivity index (χ4v) is 4.58. The van der Waals surface area contributed by atoms with Crippen molar-refractivity contribution in [3.63, 3.8) is 0 Å². The molecule has 3 rings (SSSR count). The van der Waals surface area contributed by atoms with Gasteiger partial charge in [0.15, 0.2) is 5.96 Å². The zero-order valence-corrected chi connectivity index (χ0v) is 23.1. The van der Waals surface area contributed by atoms with Gasteiger partial charge in [0, 0.05) is 46.5 Å². The third-order valence-electron chi connectivity index (χ3n) is 6.46. The number of nitrogens with zero attached hydrogens (tertiary/aromatic N) is 3. The molecule has 7 heteroatoms. The van der Waals surface area contributed by atoms with Crippen LogP contribution in [-0.2, 0) is 22.6 Å². The molecule has 0 aromatic heterocycles. The Hall–Kier alpha value is -0.900. The van der Waals surface area contributed by atoms with Crippen LogP contribution in [0.15, 0.2) is 29.3 Å². The summed E-state index contributed by atoms with van der Waals surface area (Å²) >= 11 is 0. The molecular formula is C26H45IN4O2. The number of hydrogen-bond acceptors (Lipinski definition) is 4. The summed E-state index contributed by atoms with van der Waals surface area (Å²) in [6, 6.07) is 9.07. The Morgan fingerprint density at radius 1 is 0.970 bits per heavy atom. The maximum Gasteiger partial charge on any atom is 0.194 e. The van der Waals surface area contributed by atoms with Gasteiger partial charge in [0.05, 0.1) is 12.6 Å². The van der Waals surface area contributed by atoms with E-state index in [1.807, 2.05) is 0 Å². The van der Waals surface area contributed by atoms with Gasteiger partial charge < -0.3 is 19.7 Å². The summed E-state index contributed by atoms with van der Waals surface area (Å²) in [5, 5.41) is 3.48. The molecule has 0 radical (unpaired) electrons. The Kier molecular flexibility index (Phi) is 14.3. The average molecular weight is 573 g/mol. The highest BCUT2D eigenvalue weighted by Gasteiger charge is 2.21. The minimum Gasteiger partial charge on any atom is -0.385 e. The lowest BCUT2D eigenvalue weighted by molar-refractivity contribution is 0.00990. The first-order valence-corrected chi connectivity index (χ1v) is 12.7. The third-order valence-corrected chi connectivity index (χ3v) is 6.46. The van der Waals surface area contributed by atoms with Gasteiger partial charge in [0.1, 0.15) is 0 Å². The van der Waals surface area contributed by atoms with Crippen LogP contribution >= 0.6 is 24.0 Å². The van der Waals surface area contributed by atoms with Crippen LogP contribution in [0.2, 0.25) is 0 Å². The van der Waals surface area contributed by atoms with E-state index in [9.17, 15) is 0 Å². The summed E-state index contributed by atoms with van der Waals surface area (Å²) in [6.07, 6.45) is 8.92. The smallest absolute Gasteiger partial charge is 0.194 e. The first-order chi connectivity index (χ1) is 15.8. The molecule has 0 bridgehead atoms. The minimum absolute atomic E-state index is 0. The number of aliphatic imine (C=N–C) groups is 1. The highest BCUT2D eigenvalue weighted by molar-refractivity contribution is 14.0. The highest BCUT2D eigenvalue weighted by atomic mass is 127. The van der Waals surface area contributed by atoms with Crippen LogP contribution in [0.1, 0.15) is 63.0 Å². The van der Waals surface area contributed by atoms with Crippen molar-refractivity contribution >= 4 is 29.9 Å². The van der Waals surface area contributed by atoms with E-state index in [-0.39, 0.29) is 24.0 Å². The van der Waals surface area contributed by atoms with E-state index in [2.05, 4.69) is 46.3 Å². The molecule has 1 aromatic rings. The monoisotopic (exact) mass is 572 g/mol. The Labute approximate surface area is 218 Å². The lowest BCUT2D eigenvalue weighted by atomic mass is 10.1. The molecule has 0 saturated carbocycles. The van der Waals surface area contributed by atoms with Crippen molar-refractivity contribution in [3.8, 4) is 0 Å². The third kappa shape index (κ3) is 10.5. The summed E-state index contributed by atoms with van der Waals surface area (Å²) in [4.78, 5) is 9.93. The standard InChI is InChI=1S/C26H44N4O2.HI/c1-3-27-26(30-17-13-25(14-18-30)32-20-8-19-31-2)28-21-23-9-11-24(12-10-23)22-29-15-6-4-5-7-16-29;/h9-12,25H,3-8,13-22H2,1-2H3,(H,27,28);1H. The topological polar surface area (TPSA) is 49.3 Å². The number of ether oxygens (including phenoxy) is 2. The normalized spacial score (nSPS) is 18.6. The largest absolute Gasteiger partial charge is 0.385 e. The van der Waals surface area contributed by atoms with Gasteiger partial charge in [0.25, 0.3) is 0 Å². The van der Waals surface area contributed by atoms with Gasteiger partial charge in [0.2, 0.25) is 0 Å². The Morgan fingerprint density at radius 2 is 1.64 bits per heavy atom. The van der Waals surface area contributed by atoms with Crippen LogP contribution in [0, 0.1) is 0 Å². The predicted molar refractivity (Wildman–Crippen MR) is 147 cm³/mol. The first-order valence-electron chi connectivity index (χ1n) is 12.7. The summed E-state index contributed by atoms with van der Waals surface area (Å²) in [7, 11) is 1.74. The molecule has 2 aliphatic heterocycles. The van der Waals surface area contributed by atoms with Gasteiger partial charge in [-0.05, 0) is 63.2 Å².